The third-order valence-corrected chi connectivity index (χ3v) is 5.23. The number of anilines is 1. The van der Waals surface area contributed by atoms with Gasteiger partial charge < -0.3 is 35.8 Å². The Balaban J connectivity index is 2.17. The van der Waals surface area contributed by atoms with E-state index in [1.807, 2.05) is 19.0 Å². The third-order valence-electron chi connectivity index (χ3n) is 5.23. The van der Waals surface area contributed by atoms with Crippen molar-refractivity contribution in [1.29, 1.82) is 0 Å². The van der Waals surface area contributed by atoms with Gasteiger partial charge in [-0.05, 0) is 45.1 Å². The Morgan fingerprint density at radius 3 is 2.59 bits per heavy atom. The van der Waals surface area contributed by atoms with Crippen LogP contribution in [-0.2, 0) is 17.8 Å². The predicted octanol–water partition coefficient (Wildman–Crippen LogP) is 2.38. The van der Waals surface area contributed by atoms with Gasteiger partial charge in [0.15, 0.2) is 11.5 Å². The van der Waals surface area contributed by atoms with Gasteiger partial charge in [-0.1, -0.05) is 12.1 Å². The molecule has 0 aliphatic carbocycles. The number of carboxylic acids is 1. The summed E-state index contributed by atoms with van der Waals surface area (Å²) in [6.45, 7) is 0.815. The number of carboxylic acid groups (broad SMARTS) is 1. The Bertz CT molecular complexity index is 941. The zero-order valence-corrected chi connectivity index (χ0v) is 16.5. The summed E-state index contributed by atoms with van der Waals surface area (Å²) in [6.07, 6.45) is 1.25. The molecule has 29 heavy (non-hydrogen) atoms. The first-order valence-corrected chi connectivity index (χ1v) is 9.37. The lowest BCUT2D eigenvalue weighted by Crippen LogP contribution is -2.15. The van der Waals surface area contributed by atoms with Crippen molar-refractivity contribution in [2.45, 2.75) is 31.8 Å². The van der Waals surface area contributed by atoms with Gasteiger partial charge >= 0.3 is 5.97 Å². The van der Waals surface area contributed by atoms with Crippen LogP contribution in [0, 0.1) is 0 Å². The van der Waals surface area contributed by atoms with Gasteiger partial charge in [-0.2, -0.15) is 0 Å². The summed E-state index contributed by atoms with van der Waals surface area (Å²) in [5.41, 5.74) is 8.15. The monoisotopic (exact) mass is 402 g/mol. The number of phenolic OH excluding ortho intramolecular Hbond substituents is 3. The van der Waals surface area contributed by atoms with E-state index in [9.17, 15) is 20.1 Å². The number of nitrogens with zero attached hydrogens (tertiary/aromatic N) is 1. The van der Waals surface area contributed by atoms with E-state index in [-0.39, 0.29) is 24.6 Å². The first kappa shape index (κ1) is 20.6. The summed E-state index contributed by atoms with van der Waals surface area (Å²) in [6, 6.07) is 5.17. The van der Waals surface area contributed by atoms with Crippen LogP contribution in [0.1, 0.15) is 41.0 Å². The fourth-order valence-corrected chi connectivity index (χ4v) is 3.83. The second-order valence-electron chi connectivity index (χ2n) is 7.58. The fraction of sp³-hybridized carbons (Fsp3) is 0.381. The molecule has 1 heterocycles. The molecule has 6 N–H and O–H groups in total. The first-order chi connectivity index (χ1) is 13.7. The Morgan fingerprint density at radius 2 is 1.93 bits per heavy atom. The van der Waals surface area contributed by atoms with E-state index in [0.29, 0.717) is 28.9 Å². The summed E-state index contributed by atoms with van der Waals surface area (Å²) in [5.74, 6) is -2.44. The van der Waals surface area contributed by atoms with Crippen LogP contribution < -0.4 is 10.5 Å². The maximum Gasteiger partial charge on any atom is 0.307 e. The van der Waals surface area contributed by atoms with Crippen molar-refractivity contribution >= 4 is 11.7 Å². The Labute approximate surface area is 168 Å². The number of fused-ring (bicyclic) bond motifs is 2. The molecule has 0 saturated heterocycles. The van der Waals surface area contributed by atoms with E-state index >= 15 is 0 Å². The van der Waals surface area contributed by atoms with E-state index in [1.54, 1.807) is 18.2 Å². The van der Waals surface area contributed by atoms with Crippen molar-refractivity contribution in [2.75, 3.05) is 26.4 Å². The predicted molar refractivity (Wildman–Crippen MR) is 108 cm³/mol. The van der Waals surface area contributed by atoms with Gasteiger partial charge in [0.25, 0.3) is 0 Å². The largest absolute Gasteiger partial charge is 0.504 e. The van der Waals surface area contributed by atoms with Crippen molar-refractivity contribution in [3.63, 3.8) is 0 Å². The van der Waals surface area contributed by atoms with Crippen LogP contribution in [0.15, 0.2) is 18.2 Å². The standard InChI is InChI=1S/C21H26N2O6/c1-23(2)7-3-4-12-13-8-11(9-16(24)25)5-6-15(13)29-10-14-17(12)19(26)21(28)20(27)18(14)22/h5-6,8,12,26-28H,3-4,7,9-10,22H2,1-2H3,(H,24,25). The summed E-state index contributed by atoms with van der Waals surface area (Å²) in [4.78, 5) is 13.2. The van der Waals surface area contributed by atoms with Crippen LogP contribution in [0.2, 0.25) is 0 Å². The minimum absolute atomic E-state index is 0.0119. The SMILES string of the molecule is CN(C)CCCC1c2cc(CC(=O)O)ccc2OCc2c(N)c(O)c(O)c(O)c21. The zero-order chi connectivity index (χ0) is 21.3. The highest BCUT2D eigenvalue weighted by molar-refractivity contribution is 5.74. The molecule has 2 aromatic carbocycles. The van der Waals surface area contributed by atoms with Crippen LogP contribution in [-0.4, -0.2) is 51.9 Å². The number of carbonyl (C=O) groups is 1. The van der Waals surface area contributed by atoms with Gasteiger partial charge in [0.05, 0.1) is 12.1 Å². The van der Waals surface area contributed by atoms with Gasteiger partial charge in [0.1, 0.15) is 12.4 Å². The van der Waals surface area contributed by atoms with Crippen molar-refractivity contribution in [2.24, 2.45) is 0 Å². The van der Waals surface area contributed by atoms with E-state index in [0.717, 1.165) is 18.5 Å². The zero-order valence-electron chi connectivity index (χ0n) is 16.5. The van der Waals surface area contributed by atoms with Gasteiger partial charge in [0.2, 0.25) is 5.75 Å². The number of ether oxygens (including phenoxy) is 1. The topological polar surface area (TPSA) is 136 Å². The molecule has 0 aromatic heterocycles. The molecule has 0 spiro atoms. The highest BCUT2D eigenvalue weighted by Crippen LogP contribution is 2.52. The fourth-order valence-electron chi connectivity index (χ4n) is 3.83. The molecule has 0 fully saturated rings. The molecule has 0 bridgehead atoms. The molecule has 1 unspecified atom stereocenters. The number of benzene rings is 2. The minimum atomic E-state index is -0.946. The number of nitrogen functional groups attached to an aromatic ring is 1. The first-order valence-electron chi connectivity index (χ1n) is 9.37. The van der Waals surface area contributed by atoms with Gasteiger partial charge in [-0.25, -0.2) is 0 Å². The molecule has 0 saturated carbocycles. The molecule has 0 radical (unpaired) electrons. The van der Waals surface area contributed by atoms with E-state index in [2.05, 4.69) is 0 Å². The highest BCUT2D eigenvalue weighted by atomic mass is 16.5. The van der Waals surface area contributed by atoms with Crippen molar-refractivity contribution in [1.82, 2.24) is 4.90 Å². The second-order valence-corrected chi connectivity index (χ2v) is 7.58. The lowest BCUT2D eigenvalue weighted by Gasteiger charge is -2.23. The number of nitrogens with two attached hydrogens (primary N) is 1. The van der Waals surface area contributed by atoms with Crippen molar-refractivity contribution in [3.8, 4) is 23.0 Å². The van der Waals surface area contributed by atoms with Crippen LogP contribution in [0.4, 0.5) is 5.69 Å². The maximum absolute atomic E-state index is 11.2. The second kappa shape index (κ2) is 8.08. The highest BCUT2D eigenvalue weighted by Gasteiger charge is 2.32. The summed E-state index contributed by atoms with van der Waals surface area (Å²) < 4.78 is 5.88. The Hall–Kier alpha value is -3.13. The maximum atomic E-state index is 11.2. The lowest BCUT2D eigenvalue weighted by atomic mass is 9.82. The molecule has 0 amide bonds. The number of phenols is 3. The van der Waals surface area contributed by atoms with Crippen molar-refractivity contribution < 1.29 is 30.0 Å². The molecule has 1 atom stereocenters. The van der Waals surface area contributed by atoms with Gasteiger partial charge in [-0.3, -0.25) is 4.79 Å². The molecule has 3 rings (SSSR count). The molecule has 8 nitrogen and oxygen atoms in total. The minimum Gasteiger partial charge on any atom is -0.504 e. The van der Waals surface area contributed by atoms with Crippen LogP contribution in [0.25, 0.3) is 0 Å². The number of aliphatic carboxylic acids is 1. The molecule has 2 aromatic rings. The Kier molecular flexibility index (Phi) is 5.74. The average Bonchev–Trinajstić information content (AvgIpc) is 2.81. The number of hydrogen-bond donors (Lipinski definition) is 5. The quantitative estimate of drug-likeness (QED) is 0.282. The normalized spacial score (nSPS) is 15.3. The number of aromatic hydroxyl groups is 3. The van der Waals surface area contributed by atoms with E-state index < -0.39 is 23.2 Å². The van der Waals surface area contributed by atoms with Gasteiger partial charge in [-0.15, -0.1) is 0 Å². The number of hydrogen-bond acceptors (Lipinski definition) is 7. The molecular weight excluding hydrogens is 376 g/mol. The van der Waals surface area contributed by atoms with Crippen LogP contribution in [0.5, 0.6) is 23.0 Å². The lowest BCUT2D eigenvalue weighted by molar-refractivity contribution is -0.136. The molecule has 156 valence electrons. The van der Waals surface area contributed by atoms with Crippen LogP contribution in [0.3, 0.4) is 0 Å². The van der Waals surface area contributed by atoms with E-state index in [4.69, 9.17) is 15.6 Å². The Morgan fingerprint density at radius 1 is 1.21 bits per heavy atom. The van der Waals surface area contributed by atoms with E-state index in [1.165, 1.54) is 0 Å². The van der Waals surface area contributed by atoms with Crippen LogP contribution >= 0.6 is 0 Å². The summed E-state index contributed by atoms with van der Waals surface area (Å²) in [5, 5.41) is 40.1. The third kappa shape index (κ3) is 4.02. The molecule has 1 aliphatic rings. The smallest absolute Gasteiger partial charge is 0.307 e. The number of rotatable bonds is 6. The molecular formula is C21H26N2O6. The van der Waals surface area contributed by atoms with Gasteiger partial charge in [0, 0.05) is 22.6 Å². The molecule has 8 heteroatoms. The average molecular weight is 402 g/mol. The van der Waals surface area contributed by atoms with Crippen molar-refractivity contribution in [3.05, 3.63) is 40.5 Å². The summed E-state index contributed by atoms with van der Waals surface area (Å²) in [7, 11) is 3.92. The molecule has 1 aliphatic heterocycles. The summed E-state index contributed by atoms with van der Waals surface area (Å²) >= 11 is 0.